The van der Waals surface area contributed by atoms with Crippen LogP contribution in [0.4, 0.5) is 17.1 Å². The molecule has 0 spiro atoms. The third-order valence-electron chi connectivity index (χ3n) is 8.01. The van der Waals surface area contributed by atoms with Crippen molar-refractivity contribution in [3.8, 4) is 0 Å². The van der Waals surface area contributed by atoms with E-state index in [0.29, 0.717) is 28.2 Å². The number of hydrogen-bond donors (Lipinski definition) is 0. The number of nitro groups is 1. The van der Waals surface area contributed by atoms with Crippen LogP contribution in [0.15, 0.2) is 113 Å². The number of nitrogens with zero attached hydrogens (tertiary/aromatic N) is 4. The van der Waals surface area contributed by atoms with E-state index in [1.54, 1.807) is 48.5 Å². The Labute approximate surface area is 217 Å². The van der Waals surface area contributed by atoms with Crippen LogP contribution in [-0.4, -0.2) is 16.7 Å². The van der Waals surface area contributed by atoms with E-state index in [4.69, 9.17) is 0 Å². The average molecular weight is 501 g/mol. The van der Waals surface area contributed by atoms with Crippen molar-refractivity contribution in [2.45, 2.75) is 11.5 Å². The fraction of sp³-hybridized carbons (Fsp3) is 0.133. The van der Waals surface area contributed by atoms with Gasteiger partial charge in [-0.2, -0.15) is 10.2 Å². The minimum absolute atomic E-state index is 0.360. The van der Waals surface area contributed by atoms with Crippen LogP contribution >= 0.6 is 0 Å². The fourth-order valence-corrected chi connectivity index (χ4v) is 6.57. The molecule has 0 N–H and O–H groups in total. The zero-order valence-corrected chi connectivity index (χ0v) is 20.0. The van der Waals surface area contributed by atoms with Gasteiger partial charge < -0.3 is 0 Å². The molecule has 0 saturated carbocycles. The van der Waals surface area contributed by atoms with Crippen LogP contribution in [0.25, 0.3) is 0 Å². The van der Waals surface area contributed by atoms with Gasteiger partial charge in [-0.3, -0.25) is 19.7 Å². The van der Waals surface area contributed by atoms with Crippen LogP contribution in [0.2, 0.25) is 0 Å². The smallest absolute Gasteiger partial charge is 0.274 e. The lowest BCUT2D eigenvalue weighted by molar-refractivity contribution is -0.578. The van der Waals surface area contributed by atoms with Gasteiger partial charge in [-0.15, -0.1) is 0 Å². The van der Waals surface area contributed by atoms with Crippen LogP contribution < -0.4 is 4.90 Å². The summed E-state index contributed by atoms with van der Waals surface area (Å²) in [4.78, 5) is 41.8. The van der Waals surface area contributed by atoms with Crippen molar-refractivity contribution < 1.29 is 14.5 Å². The van der Waals surface area contributed by atoms with E-state index in [1.165, 1.54) is 0 Å². The van der Waals surface area contributed by atoms with Crippen molar-refractivity contribution in [3.63, 3.8) is 0 Å². The van der Waals surface area contributed by atoms with Gasteiger partial charge in [0.1, 0.15) is 5.92 Å². The molecule has 1 fully saturated rings. The molecule has 2 bridgehead atoms. The van der Waals surface area contributed by atoms with Gasteiger partial charge in [0.05, 0.1) is 23.0 Å². The van der Waals surface area contributed by atoms with E-state index >= 15 is 0 Å². The van der Waals surface area contributed by atoms with Crippen LogP contribution in [0, 0.1) is 22.0 Å². The van der Waals surface area contributed by atoms with Crippen molar-refractivity contribution in [2.24, 2.45) is 22.1 Å². The first-order valence-corrected chi connectivity index (χ1v) is 12.3. The van der Waals surface area contributed by atoms with Crippen LogP contribution in [0.1, 0.15) is 28.2 Å². The largest absolute Gasteiger partial charge is 0.285 e. The molecule has 8 nitrogen and oxygen atoms in total. The first kappa shape index (κ1) is 22.2. The number of carbonyl (C=O) groups is 2. The number of hydrogen-bond acceptors (Lipinski definition) is 6. The highest BCUT2D eigenvalue weighted by atomic mass is 16.6. The van der Waals surface area contributed by atoms with E-state index in [2.05, 4.69) is 10.2 Å². The van der Waals surface area contributed by atoms with Gasteiger partial charge in [-0.25, -0.2) is 4.90 Å². The third-order valence-corrected chi connectivity index (χ3v) is 8.01. The Morgan fingerprint density at radius 3 is 1.79 bits per heavy atom. The summed E-state index contributed by atoms with van der Waals surface area (Å²) < 4.78 is 0. The molecule has 3 aliphatic carbocycles. The molecule has 2 atom stereocenters. The third kappa shape index (κ3) is 2.79. The summed E-state index contributed by atoms with van der Waals surface area (Å²) in [5.41, 5.74) is 2.25. The standard InChI is InChI=1S/C30H20N4O4/c35-28-26-25-21-10-4-6-12-23(21)30(34(37)38,24-13-7-5-11-22(24)25)27(26)29(36)33(28)20-16-14-19(15-17-20)32-31-18-8-2-1-3-9-18/h1-17,25-27H/t25?,26-,27-,30?/m0/s1. The molecule has 4 aromatic carbocycles. The average Bonchev–Trinajstić information content (AvgIpc) is 3.23. The molecule has 38 heavy (non-hydrogen) atoms. The number of imide groups is 1. The Kier molecular flexibility index (Phi) is 4.69. The minimum atomic E-state index is -1.84. The molecule has 184 valence electrons. The highest BCUT2D eigenvalue weighted by Crippen LogP contribution is 2.64. The van der Waals surface area contributed by atoms with E-state index in [9.17, 15) is 19.7 Å². The summed E-state index contributed by atoms with van der Waals surface area (Å²) in [6.45, 7) is 0. The van der Waals surface area contributed by atoms with Gasteiger partial charge in [-0.05, 0) is 47.5 Å². The van der Waals surface area contributed by atoms with Crippen molar-refractivity contribution in [1.29, 1.82) is 0 Å². The number of anilines is 1. The zero-order chi connectivity index (χ0) is 26.0. The number of rotatable bonds is 4. The molecule has 1 heterocycles. The second-order valence-corrected chi connectivity index (χ2v) is 9.74. The lowest BCUT2D eigenvalue weighted by Crippen LogP contribution is -2.57. The predicted molar refractivity (Wildman–Crippen MR) is 139 cm³/mol. The van der Waals surface area contributed by atoms with Gasteiger partial charge in [0.25, 0.3) is 5.54 Å². The maximum atomic E-state index is 14.0. The maximum absolute atomic E-state index is 14.0. The van der Waals surface area contributed by atoms with Gasteiger partial charge in [0.2, 0.25) is 11.8 Å². The molecule has 1 saturated heterocycles. The summed E-state index contributed by atoms with van der Waals surface area (Å²) in [7, 11) is 0. The van der Waals surface area contributed by atoms with Gasteiger partial charge >= 0.3 is 0 Å². The Morgan fingerprint density at radius 2 is 1.21 bits per heavy atom. The Hall–Kier alpha value is -4.98. The fourth-order valence-electron chi connectivity index (χ4n) is 6.57. The van der Waals surface area contributed by atoms with Crippen molar-refractivity contribution in [2.75, 3.05) is 4.90 Å². The summed E-state index contributed by atoms with van der Waals surface area (Å²) in [6, 6.07) is 30.2. The van der Waals surface area contributed by atoms with E-state index in [1.807, 2.05) is 54.6 Å². The van der Waals surface area contributed by atoms with E-state index < -0.39 is 35.1 Å². The molecule has 0 aromatic heterocycles. The van der Waals surface area contributed by atoms with Crippen molar-refractivity contribution in [1.82, 2.24) is 0 Å². The van der Waals surface area contributed by atoms with Crippen molar-refractivity contribution >= 4 is 28.9 Å². The van der Waals surface area contributed by atoms with Gasteiger partial charge in [-0.1, -0.05) is 66.7 Å². The molecule has 4 aliphatic rings. The molecular weight excluding hydrogens is 480 g/mol. The molecule has 4 aromatic rings. The van der Waals surface area contributed by atoms with E-state index in [-0.39, 0.29) is 4.92 Å². The predicted octanol–water partition coefficient (Wildman–Crippen LogP) is 5.89. The number of benzene rings is 4. The second-order valence-electron chi connectivity index (χ2n) is 9.74. The zero-order valence-electron chi connectivity index (χ0n) is 20.0. The lowest BCUT2D eigenvalue weighted by atomic mass is 9.51. The summed E-state index contributed by atoms with van der Waals surface area (Å²) >= 11 is 0. The molecule has 0 radical (unpaired) electrons. The second kappa shape index (κ2) is 8.01. The quantitative estimate of drug-likeness (QED) is 0.151. The monoisotopic (exact) mass is 500 g/mol. The Bertz CT molecular complexity index is 1620. The van der Waals surface area contributed by atoms with Crippen LogP contribution in [-0.2, 0) is 15.1 Å². The number of carbonyl (C=O) groups excluding carboxylic acids is 2. The molecule has 2 amide bonds. The highest BCUT2D eigenvalue weighted by molar-refractivity contribution is 6.23. The van der Waals surface area contributed by atoms with Crippen LogP contribution in [0.5, 0.6) is 0 Å². The Balaban J connectivity index is 1.33. The number of azo groups is 1. The summed E-state index contributed by atoms with van der Waals surface area (Å²) in [6.07, 6.45) is 0. The maximum Gasteiger partial charge on any atom is 0.285 e. The minimum Gasteiger partial charge on any atom is -0.274 e. The summed E-state index contributed by atoms with van der Waals surface area (Å²) in [5.74, 6) is -3.41. The molecular formula is C30H20N4O4. The molecule has 0 unspecified atom stereocenters. The first-order valence-electron chi connectivity index (χ1n) is 12.3. The Morgan fingerprint density at radius 1 is 0.684 bits per heavy atom. The SMILES string of the molecule is O=C1[C@@H]2[C@@H](C(=O)N1c1ccc(N=Nc3ccccc3)cc1)C1c3ccccc3C2([N+](=O)[O-])c2ccccc21. The van der Waals surface area contributed by atoms with E-state index in [0.717, 1.165) is 16.0 Å². The molecule has 1 aliphatic heterocycles. The number of amides is 2. The highest BCUT2D eigenvalue weighted by Gasteiger charge is 2.74. The van der Waals surface area contributed by atoms with Gasteiger partial charge in [0.15, 0.2) is 0 Å². The normalized spacial score (nSPS) is 24.8. The topological polar surface area (TPSA) is 105 Å². The molecule has 8 rings (SSSR count). The molecule has 8 heteroatoms. The lowest BCUT2D eigenvalue weighted by Gasteiger charge is -2.48. The first-order chi connectivity index (χ1) is 18.5. The summed E-state index contributed by atoms with van der Waals surface area (Å²) in [5, 5.41) is 21.5. The van der Waals surface area contributed by atoms with Gasteiger partial charge in [0, 0.05) is 22.0 Å². The van der Waals surface area contributed by atoms with Crippen molar-refractivity contribution in [3.05, 3.63) is 135 Å². The van der Waals surface area contributed by atoms with Crippen LogP contribution in [0.3, 0.4) is 0 Å².